The van der Waals surface area contributed by atoms with Crippen molar-refractivity contribution in [2.45, 2.75) is 25.1 Å². The Bertz CT molecular complexity index is 156. The number of hydrogen-bond donors (Lipinski definition) is 1. The molecule has 1 aliphatic rings. The first-order valence-electron chi connectivity index (χ1n) is 3.76. The molecule has 0 fully saturated rings. The van der Waals surface area contributed by atoms with Gasteiger partial charge in [-0.05, 0) is 24.5 Å². The van der Waals surface area contributed by atoms with Gasteiger partial charge in [0, 0.05) is 7.11 Å². The Morgan fingerprint density at radius 3 is 3.00 bits per heavy atom. The average Bonchev–Trinajstić information content (AvgIpc) is 2.04. The van der Waals surface area contributed by atoms with Crippen molar-refractivity contribution in [3.63, 3.8) is 0 Å². The lowest BCUT2D eigenvalue weighted by molar-refractivity contribution is 0.0963. The van der Waals surface area contributed by atoms with Crippen LogP contribution in [-0.4, -0.2) is 31.1 Å². The summed E-state index contributed by atoms with van der Waals surface area (Å²) in [6.45, 7) is -0.0983. The molecule has 0 radical (unpaired) electrons. The van der Waals surface area contributed by atoms with Crippen molar-refractivity contribution in [1.29, 1.82) is 0 Å². The van der Waals surface area contributed by atoms with E-state index in [1.807, 2.05) is 0 Å². The summed E-state index contributed by atoms with van der Waals surface area (Å²) in [5, 5.41) is 8.80. The summed E-state index contributed by atoms with van der Waals surface area (Å²) in [5.74, 6) is 0. The number of halogens is 1. The SMILES string of the molecule is CO[C@@H]1CC[C@H](F)C=C1CO. The summed E-state index contributed by atoms with van der Waals surface area (Å²) in [7, 11) is 1.58. The molecular weight excluding hydrogens is 147 g/mol. The molecule has 0 aromatic rings. The maximum atomic E-state index is 12.7. The third-order valence-electron chi connectivity index (χ3n) is 1.98. The fraction of sp³-hybridized carbons (Fsp3) is 0.750. The van der Waals surface area contributed by atoms with E-state index in [9.17, 15) is 4.39 Å². The zero-order valence-electron chi connectivity index (χ0n) is 6.59. The van der Waals surface area contributed by atoms with E-state index in [0.717, 1.165) is 0 Å². The second-order valence-corrected chi connectivity index (χ2v) is 2.72. The van der Waals surface area contributed by atoms with Gasteiger partial charge in [0.2, 0.25) is 0 Å². The van der Waals surface area contributed by atoms with Gasteiger partial charge in [0.25, 0.3) is 0 Å². The largest absolute Gasteiger partial charge is 0.392 e. The molecule has 1 aliphatic carbocycles. The van der Waals surface area contributed by atoms with Crippen LogP contribution in [0.1, 0.15) is 12.8 Å². The molecule has 0 spiro atoms. The van der Waals surface area contributed by atoms with E-state index < -0.39 is 6.17 Å². The first-order valence-corrected chi connectivity index (χ1v) is 3.76. The Labute approximate surface area is 65.7 Å². The van der Waals surface area contributed by atoms with Gasteiger partial charge in [-0.15, -0.1) is 0 Å². The summed E-state index contributed by atoms with van der Waals surface area (Å²) in [5.41, 5.74) is 0.672. The number of alkyl halides is 1. The Balaban J connectivity index is 2.63. The van der Waals surface area contributed by atoms with Crippen molar-refractivity contribution < 1.29 is 14.2 Å². The monoisotopic (exact) mass is 160 g/mol. The van der Waals surface area contributed by atoms with Crippen molar-refractivity contribution in [3.8, 4) is 0 Å². The maximum Gasteiger partial charge on any atom is 0.119 e. The minimum absolute atomic E-state index is 0.0769. The Morgan fingerprint density at radius 1 is 1.73 bits per heavy atom. The van der Waals surface area contributed by atoms with Crippen molar-refractivity contribution in [1.82, 2.24) is 0 Å². The lowest BCUT2D eigenvalue weighted by Gasteiger charge is -2.23. The van der Waals surface area contributed by atoms with Gasteiger partial charge in [-0.2, -0.15) is 0 Å². The number of allylic oxidation sites excluding steroid dienone is 1. The van der Waals surface area contributed by atoms with Crippen LogP contribution in [0.25, 0.3) is 0 Å². The highest BCUT2D eigenvalue weighted by Gasteiger charge is 2.21. The maximum absolute atomic E-state index is 12.7. The van der Waals surface area contributed by atoms with Crippen LogP contribution in [0, 0.1) is 0 Å². The van der Waals surface area contributed by atoms with E-state index in [-0.39, 0.29) is 12.7 Å². The summed E-state index contributed by atoms with van der Waals surface area (Å²) in [6.07, 6.45) is 1.65. The Kier molecular flexibility index (Phi) is 3.02. The molecule has 0 saturated carbocycles. The Hall–Kier alpha value is -0.410. The molecule has 2 atom stereocenters. The fourth-order valence-corrected chi connectivity index (χ4v) is 1.34. The summed E-state index contributed by atoms with van der Waals surface area (Å²) >= 11 is 0. The van der Waals surface area contributed by atoms with Crippen LogP contribution in [0.2, 0.25) is 0 Å². The first-order chi connectivity index (χ1) is 5.27. The predicted molar refractivity (Wildman–Crippen MR) is 40.1 cm³/mol. The van der Waals surface area contributed by atoms with Gasteiger partial charge in [0.15, 0.2) is 0 Å². The van der Waals surface area contributed by atoms with Gasteiger partial charge >= 0.3 is 0 Å². The molecule has 1 N–H and O–H groups in total. The van der Waals surface area contributed by atoms with Crippen molar-refractivity contribution in [3.05, 3.63) is 11.6 Å². The lowest BCUT2D eigenvalue weighted by Crippen LogP contribution is -2.23. The molecular formula is C8H13FO2. The zero-order chi connectivity index (χ0) is 8.27. The van der Waals surface area contributed by atoms with E-state index in [4.69, 9.17) is 9.84 Å². The van der Waals surface area contributed by atoms with Crippen LogP contribution in [0.5, 0.6) is 0 Å². The smallest absolute Gasteiger partial charge is 0.119 e. The van der Waals surface area contributed by atoms with E-state index in [0.29, 0.717) is 18.4 Å². The highest BCUT2D eigenvalue weighted by molar-refractivity contribution is 5.14. The van der Waals surface area contributed by atoms with Crippen LogP contribution in [0.15, 0.2) is 11.6 Å². The lowest BCUT2D eigenvalue weighted by atomic mass is 9.96. The van der Waals surface area contributed by atoms with Crippen LogP contribution < -0.4 is 0 Å². The fourth-order valence-electron chi connectivity index (χ4n) is 1.34. The van der Waals surface area contributed by atoms with Crippen LogP contribution in [-0.2, 0) is 4.74 Å². The zero-order valence-corrected chi connectivity index (χ0v) is 6.59. The highest BCUT2D eigenvalue weighted by atomic mass is 19.1. The van der Waals surface area contributed by atoms with Gasteiger partial charge in [-0.3, -0.25) is 0 Å². The van der Waals surface area contributed by atoms with Gasteiger partial charge in [-0.25, -0.2) is 4.39 Å². The molecule has 2 nitrogen and oxygen atoms in total. The molecule has 0 aliphatic heterocycles. The van der Waals surface area contributed by atoms with Crippen LogP contribution >= 0.6 is 0 Å². The second kappa shape index (κ2) is 3.83. The first kappa shape index (κ1) is 8.68. The normalized spacial score (nSPS) is 31.7. The van der Waals surface area contributed by atoms with Crippen LogP contribution in [0.4, 0.5) is 4.39 Å². The number of rotatable bonds is 2. The van der Waals surface area contributed by atoms with E-state index in [1.54, 1.807) is 7.11 Å². The third kappa shape index (κ3) is 2.01. The summed E-state index contributed by atoms with van der Waals surface area (Å²) in [4.78, 5) is 0. The number of ether oxygens (including phenoxy) is 1. The highest BCUT2D eigenvalue weighted by Crippen LogP contribution is 2.22. The van der Waals surface area contributed by atoms with Crippen molar-refractivity contribution >= 4 is 0 Å². The predicted octanol–water partition coefficient (Wildman–Crippen LogP) is 1.05. The quantitative estimate of drug-likeness (QED) is 0.612. The second-order valence-electron chi connectivity index (χ2n) is 2.72. The van der Waals surface area contributed by atoms with Crippen LogP contribution in [0.3, 0.4) is 0 Å². The number of methoxy groups -OCH3 is 1. The molecule has 0 saturated heterocycles. The molecule has 0 aromatic carbocycles. The van der Waals surface area contributed by atoms with Gasteiger partial charge < -0.3 is 9.84 Å². The van der Waals surface area contributed by atoms with Gasteiger partial charge in [0.05, 0.1) is 12.7 Å². The molecule has 3 heteroatoms. The molecule has 0 bridgehead atoms. The number of aliphatic hydroxyl groups is 1. The van der Waals surface area contributed by atoms with E-state index in [1.165, 1.54) is 6.08 Å². The van der Waals surface area contributed by atoms with Gasteiger partial charge in [0.1, 0.15) is 6.17 Å². The van der Waals surface area contributed by atoms with Gasteiger partial charge in [-0.1, -0.05) is 0 Å². The molecule has 1 rings (SSSR count). The van der Waals surface area contributed by atoms with Crippen molar-refractivity contribution in [2.24, 2.45) is 0 Å². The minimum Gasteiger partial charge on any atom is -0.392 e. The van der Waals surface area contributed by atoms with E-state index in [2.05, 4.69) is 0 Å². The molecule has 64 valence electrons. The Morgan fingerprint density at radius 2 is 2.45 bits per heavy atom. The number of hydrogen-bond acceptors (Lipinski definition) is 2. The third-order valence-corrected chi connectivity index (χ3v) is 1.98. The summed E-state index contributed by atoms with van der Waals surface area (Å²) < 4.78 is 17.7. The molecule has 11 heavy (non-hydrogen) atoms. The molecule has 0 amide bonds. The standard InChI is InChI=1S/C8H13FO2/c1-11-8-3-2-7(9)4-6(8)5-10/h4,7-8,10H,2-3,5H2,1H3/t7-,8+/m0/s1. The molecule has 0 aromatic heterocycles. The molecule has 0 heterocycles. The van der Waals surface area contributed by atoms with E-state index >= 15 is 0 Å². The summed E-state index contributed by atoms with van der Waals surface area (Å²) in [6, 6.07) is 0. The number of aliphatic hydroxyl groups excluding tert-OH is 1. The minimum atomic E-state index is -0.899. The van der Waals surface area contributed by atoms with Crippen molar-refractivity contribution in [2.75, 3.05) is 13.7 Å². The average molecular weight is 160 g/mol. The topological polar surface area (TPSA) is 29.5 Å². The molecule has 0 unspecified atom stereocenters.